The van der Waals surface area contributed by atoms with Crippen LogP contribution in [0, 0.1) is 37.5 Å². The van der Waals surface area contributed by atoms with Gasteiger partial charge in [0.05, 0.1) is 27.8 Å². The van der Waals surface area contributed by atoms with Crippen LogP contribution in [0.2, 0.25) is 0 Å². The third-order valence-electron chi connectivity index (χ3n) is 11.9. The highest BCUT2D eigenvalue weighted by atomic mass is 32.1. The molecule has 5 heterocycles. The van der Waals surface area contributed by atoms with E-state index < -0.39 is 17.5 Å². The molecule has 0 bridgehead atoms. The molecule has 8 rings (SSSR count). The van der Waals surface area contributed by atoms with Crippen molar-refractivity contribution >= 4 is 46.1 Å². The number of rotatable bonds is 9. The number of hydrogen-bond donors (Lipinski definition) is 2. The Morgan fingerprint density at radius 2 is 1.53 bits per heavy atom. The van der Waals surface area contributed by atoms with Crippen molar-refractivity contribution in [3.8, 4) is 32.6 Å². The highest BCUT2D eigenvalue weighted by molar-refractivity contribution is 7.15. The van der Waals surface area contributed by atoms with E-state index in [0.29, 0.717) is 29.8 Å². The number of likely N-dealkylation sites (tertiary alicyclic amines) is 1. The Bertz CT molecular complexity index is 2750. The second kappa shape index (κ2) is 16.9. The zero-order valence-corrected chi connectivity index (χ0v) is 37.7. The van der Waals surface area contributed by atoms with E-state index in [1.807, 2.05) is 126 Å². The van der Waals surface area contributed by atoms with E-state index in [1.54, 1.807) is 28.4 Å². The summed E-state index contributed by atoms with van der Waals surface area (Å²) in [6, 6.07) is 23.9. The molecule has 3 amide bonds. The van der Waals surface area contributed by atoms with Crippen molar-refractivity contribution in [1.82, 2.24) is 35.3 Å². The summed E-state index contributed by atoms with van der Waals surface area (Å²) >= 11 is 3.03. The molecule has 316 valence electrons. The molecule has 1 fully saturated rings. The van der Waals surface area contributed by atoms with E-state index in [4.69, 9.17) is 4.99 Å². The number of benzene rings is 3. The first-order valence-corrected chi connectivity index (χ1v) is 22.5. The fourth-order valence-electron chi connectivity index (χ4n) is 8.34. The van der Waals surface area contributed by atoms with Crippen molar-refractivity contribution in [3.63, 3.8) is 0 Å². The van der Waals surface area contributed by atoms with Crippen LogP contribution in [0.15, 0.2) is 83.3 Å². The smallest absolute Gasteiger partial charge is 0.251 e. The molecular formula is C48H49N9O3S2. The minimum atomic E-state index is -0.860. The number of fused-ring (bicyclic) bond motifs is 3. The maximum atomic E-state index is 14.3. The van der Waals surface area contributed by atoms with Crippen molar-refractivity contribution < 1.29 is 14.4 Å². The van der Waals surface area contributed by atoms with Crippen molar-refractivity contribution in [1.29, 1.82) is 5.26 Å². The quantitative estimate of drug-likeness (QED) is 0.147. The largest absolute Gasteiger partial charge is 0.348 e. The summed E-state index contributed by atoms with van der Waals surface area (Å²) in [5.74, 6) is 0.642. The van der Waals surface area contributed by atoms with Crippen molar-refractivity contribution in [2.45, 2.75) is 92.4 Å². The molecule has 14 heteroatoms. The molecule has 4 atom stereocenters. The normalized spacial score (nSPS) is 17.0. The third kappa shape index (κ3) is 7.98. The molecule has 2 N–H and O–H groups in total. The summed E-state index contributed by atoms with van der Waals surface area (Å²) in [6.07, 6.45) is 1.25. The summed E-state index contributed by atoms with van der Waals surface area (Å²) in [5, 5.41) is 25.7. The van der Waals surface area contributed by atoms with Gasteiger partial charge in [-0.3, -0.25) is 23.9 Å². The number of thiazole rings is 1. The molecule has 3 aromatic heterocycles. The predicted octanol–water partition coefficient (Wildman–Crippen LogP) is 8.84. The van der Waals surface area contributed by atoms with Gasteiger partial charge in [-0.15, -0.1) is 32.9 Å². The van der Waals surface area contributed by atoms with Crippen LogP contribution in [0.1, 0.15) is 114 Å². The maximum Gasteiger partial charge on any atom is 0.251 e. The molecule has 0 spiro atoms. The molecule has 0 saturated carbocycles. The van der Waals surface area contributed by atoms with Crippen LogP contribution in [-0.4, -0.2) is 66.7 Å². The average Bonchev–Trinajstić information content (AvgIpc) is 4.06. The van der Waals surface area contributed by atoms with E-state index in [9.17, 15) is 19.6 Å². The van der Waals surface area contributed by atoms with Gasteiger partial charge in [0.25, 0.3) is 5.91 Å². The number of nitrogens with one attached hydrogen (secondary N) is 2. The number of aliphatic imine (C=N–C) groups is 1. The standard InChI is InChI=1S/C48H49N9O3S2/c1-26-38(24-49)62-47-39(26)40(51-29(4)43-55-54-30(5)57(43)47)34-17-13-32(14-18-34)33-15-21-36(22-16-33)44(58)53-42(48(6,7)8)46(60)56-23-9-10-37(56)45(59)52-27(2)31-11-19-35(20-12-31)41-28(3)50-25-61-41/h11-22,25,27,29,37,42H,9-10,23H2,1-8H3,(H,52,59)(H,53,58). The molecule has 3 aromatic carbocycles. The summed E-state index contributed by atoms with van der Waals surface area (Å²) in [4.78, 5) is 54.7. The molecule has 4 unspecified atom stereocenters. The Morgan fingerprint density at radius 1 is 0.887 bits per heavy atom. The van der Waals surface area contributed by atoms with Crippen LogP contribution < -0.4 is 10.6 Å². The lowest BCUT2D eigenvalue weighted by molar-refractivity contribution is -0.142. The minimum absolute atomic E-state index is 0.204. The molecule has 6 aromatic rings. The second-order valence-corrected chi connectivity index (χ2v) is 19.0. The lowest BCUT2D eigenvalue weighted by Gasteiger charge is -2.35. The third-order valence-corrected chi connectivity index (χ3v) is 14.0. The zero-order chi connectivity index (χ0) is 44.0. The van der Waals surface area contributed by atoms with Gasteiger partial charge in [0.15, 0.2) is 5.82 Å². The number of carbonyl (C=O) groups excluding carboxylic acids is 3. The van der Waals surface area contributed by atoms with Gasteiger partial charge in [-0.05, 0) is 92.8 Å². The van der Waals surface area contributed by atoms with E-state index in [-0.39, 0.29) is 29.8 Å². The first-order chi connectivity index (χ1) is 29.6. The summed E-state index contributed by atoms with van der Waals surface area (Å²) in [5.41, 5.74) is 10.0. The monoisotopic (exact) mass is 863 g/mol. The topological polar surface area (TPSA) is 158 Å². The minimum Gasteiger partial charge on any atom is -0.348 e. The van der Waals surface area contributed by atoms with Gasteiger partial charge in [0, 0.05) is 23.2 Å². The van der Waals surface area contributed by atoms with Gasteiger partial charge in [0.1, 0.15) is 39.9 Å². The first kappa shape index (κ1) is 42.4. The first-order valence-electron chi connectivity index (χ1n) is 20.8. The van der Waals surface area contributed by atoms with Gasteiger partial charge in [-0.25, -0.2) is 4.98 Å². The summed E-state index contributed by atoms with van der Waals surface area (Å²) < 4.78 is 2.01. The van der Waals surface area contributed by atoms with Crippen molar-refractivity contribution in [2.75, 3.05) is 6.54 Å². The number of nitrogens with zero attached hydrogens (tertiary/aromatic N) is 7. The van der Waals surface area contributed by atoms with E-state index >= 15 is 0 Å². The van der Waals surface area contributed by atoms with Gasteiger partial charge in [0.2, 0.25) is 11.8 Å². The number of carbonyl (C=O) groups is 3. The number of thiophene rings is 1. The molecule has 2 aliphatic rings. The highest BCUT2D eigenvalue weighted by Gasteiger charge is 2.42. The Balaban J connectivity index is 0.942. The number of aryl methyl sites for hydroxylation is 2. The number of aromatic nitrogens is 4. The second-order valence-electron chi connectivity index (χ2n) is 17.2. The van der Waals surface area contributed by atoms with Gasteiger partial charge in [-0.2, -0.15) is 5.26 Å². The van der Waals surface area contributed by atoms with Crippen LogP contribution in [0.25, 0.3) is 26.6 Å². The van der Waals surface area contributed by atoms with Crippen LogP contribution >= 0.6 is 22.7 Å². The Labute approximate surface area is 369 Å². The van der Waals surface area contributed by atoms with E-state index in [0.717, 1.165) is 71.9 Å². The molecule has 62 heavy (non-hydrogen) atoms. The predicted molar refractivity (Wildman–Crippen MR) is 244 cm³/mol. The Morgan fingerprint density at radius 3 is 2.16 bits per heavy atom. The number of nitriles is 1. The number of amides is 3. The van der Waals surface area contributed by atoms with E-state index in [1.165, 1.54) is 11.3 Å². The number of hydrogen-bond acceptors (Lipinski definition) is 10. The van der Waals surface area contributed by atoms with Crippen LogP contribution in [-0.2, 0) is 9.59 Å². The van der Waals surface area contributed by atoms with Crippen LogP contribution in [0.4, 0.5) is 0 Å². The van der Waals surface area contributed by atoms with Crippen LogP contribution in [0.5, 0.6) is 0 Å². The van der Waals surface area contributed by atoms with Crippen molar-refractivity contribution in [2.24, 2.45) is 10.4 Å². The Hall–Kier alpha value is -6.30. The SMILES string of the molecule is Cc1ncsc1-c1ccc(C(C)NC(=O)C2CCCN2C(=O)C(NC(=O)c2ccc(-c3ccc(C4=NC(C)c5nnc(C)n5-c5sc(C#N)c(C)c54)cc3)cc2)C(C)(C)C)cc1. The molecule has 1 saturated heterocycles. The fraction of sp³-hybridized carbons (Fsp3) is 0.333. The summed E-state index contributed by atoms with van der Waals surface area (Å²) in [7, 11) is 0. The molecule has 0 aliphatic carbocycles. The van der Waals surface area contributed by atoms with E-state index in [2.05, 4.69) is 31.9 Å². The maximum absolute atomic E-state index is 14.3. The molecule has 2 aliphatic heterocycles. The van der Waals surface area contributed by atoms with Crippen LogP contribution in [0.3, 0.4) is 0 Å². The lowest BCUT2D eigenvalue weighted by Crippen LogP contribution is -2.57. The average molecular weight is 864 g/mol. The molecule has 12 nitrogen and oxygen atoms in total. The summed E-state index contributed by atoms with van der Waals surface area (Å²) in [6.45, 7) is 16.0. The zero-order valence-electron chi connectivity index (χ0n) is 36.1. The fourth-order valence-corrected chi connectivity index (χ4v) is 10.3. The van der Waals surface area contributed by atoms with Gasteiger partial charge >= 0.3 is 0 Å². The van der Waals surface area contributed by atoms with Gasteiger partial charge < -0.3 is 15.5 Å². The van der Waals surface area contributed by atoms with Crippen molar-refractivity contribution in [3.05, 3.63) is 128 Å². The lowest BCUT2D eigenvalue weighted by atomic mass is 9.85. The molecular weight excluding hydrogens is 815 g/mol. The van der Waals surface area contributed by atoms with Gasteiger partial charge in [-0.1, -0.05) is 81.4 Å². The Kier molecular flexibility index (Phi) is 11.5. The highest BCUT2D eigenvalue weighted by Crippen LogP contribution is 2.39. The molecule has 0 radical (unpaired) electrons.